The summed E-state index contributed by atoms with van der Waals surface area (Å²) in [6.07, 6.45) is 8.08. The summed E-state index contributed by atoms with van der Waals surface area (Å²) in [7, 11) is 0. The molecule has 0 spiro atoms. The van der Waals surface area contributed by atoms with Crippen molar-refractivity contribution in [3.63, 3.8) is 0 Å². The summed E-state index contributed by atoms with van der Waals surface area (Å²) in [6, 6.07) is 0. The predicted molar refractivity (Wildman–Crippen MR) is 55.4 cm³/mol. The Kier molecular flexibility index (Phi) is 1.76. The zero-order valence-electron chi connectivity index (χ0n) is 9.00. The highest BCUT2D eigenvalue weighted by Crippen LogP contribution is 2.72. The molecule has 0 aliphatic heterocycles. The van der Waals surface area contributed by atoms with Crippen LogP contribution in [0.25, 0.3) is 0 Å². The van der Waals surface area contributed by atoms with Crippen molar-refractivity contribution < 1.29 is 0 Å². The quantitative estimate of drug-likeness (QED) is 0.530. The SMILES string of the molecule is C1CC2C(C1)C1CC2C2CC12.CC. The molecule has 13 heavy (non-hydrogen) atoms. The van der Waals surface area contributed by atoms with Crippen molar-refractivity contribution in [1.29, 1.82) is 0 Å². The van der Waals surface area contributed by atoms with E-state index in [1.54, 1.807) is 32.1 Å². The third-order valence-electron chi connectivity index (χ3n) is 5.26. The molecule has 6 unspecified atom stereocenters. The Balaban J connectivity index is 0.000000266. The second-order valence-electron chi connectivity index (χ2n) is 5.39. The third-order valence-corrected chi connectivity index (χ3v) is 5.26. The summed E-state index contributed by atoms with van der Waals surface area (Å²) in [5.74, 6) is 7.42. The molecular weight excluding hydrogens is 156 g/mol. The molecule has 74 valence electrons. The van der Waals surface area contributed by atoms with Gasteiger partial charge in [-0.1, -0.05) is 20.3 Å². The van der Waals surface area contributed by atoms with E-state index in [1.807, 2.05) is 13.8 Å². The number of fused-ring (bicyclic) bond motifs is 8. The minimum absolute atomic E-state index is 1.23. The van der Waals surface area contributed by atoms with Crippen molar-refractivity contribution in [3.8, 4) is 0 Å². The lowest BCUT2D eigenvalue weighted by Gasteiger charge is -2.23. The lowest BCUT2D eigenvalue weighted by molar-refractivity contribution is 0.247. The molecule has 0 nitrogen and oxygen atoms in total. The van der Waals surface area contributed by atoms with Gasteiger partial charge in [0, 0.05) is 0 Å². The summed E-state index contributed by atoms with van der Waals surface area (Å²) in [5, 5.41) is 0. The highest BCUT2D eigenvalue weighted by Gasteiger charge is 2.65. The standard InChI is InChI=1S/C11H16.C2H6/c1-2-6-7(3-1)9-4-8(6)10-5-11(9)10;1-2/h6-11H,1-5H2;1-2H3. The fourth-order valence-corrected chi connectivity index (χ4v) is 4.95. The van der Waals surface area contributed by atoms with Gasteiger partial charge >= 0.3 is 0 Å². The van der Waals surface area contributed by atoms with Gasteiger partial charge in [0.2, 0.25) is 0 Å². The van der Waals surface area contributed by atoms with Gasteiger partial charge in [0.15, 0.2) is 0 Å². The highest BCUT2D eigenvalue weighted by atomic mass is 14.7. The van der Waals surface area contributed by atoms with Gasteiger partial charge in [-0.25, -0.2) is 0 Å². The Hall–Kier alpha value is 0. The molecule has 6 atom stereocenters. The monoisotopic (exact) mass is 178 g/mol. The molecule has 2 bridgehead atoms. The molecule has 0 heteroatoms. The summed E-state index contributed by atoms with van der Waals surface area (Å²) >= 11 is 0. The molecule has 0 amide bonds. The Bertz CT molecular complexity index is 184. The lowest BCUT2D eigenvalue weighted by atomic mass is 9.82. The van der Waals surface area contributed by atoms with E-state index in [9.17, 15) is 0 Å². The van der Waals surface area contributed by atoms with Crippen molar-refractivity contribution in [3.05, 3.63) is 0 Å². The van der Waals surface area contributed by atoms with Crippen LogP contribution in [-0.2, 0) is 0 Å². The van der Waals surface area contributed by atoms with Gasteiger partial charge in [-0.15, -0.1) is 0 Å². The first-order valence-corrected chi connectivity index (χ1v) is 6.45. The van der Waals surface area contributed by atoms with E-state index in [4.69, 9.17) is 0 Å². The van der Waals surface area contributed by atoms with Crippen LogP contribution in [0.1, 0.15) is 46.0 Å². The first-order valence-electron chi connectivity index (χ1n) is 6.45. The minimum atomic E-state index is 1.23. The van der Waals surface area contributed by atoms with Crippen molar-refractivity contribution in [2.45, 2.75) is 46.0 Å². The van der Waals surface area contributed by atoms with Crippen molar-refractivity contribution in [2.75, 3.05) is 0 Å². The number of hydrogen-bond acceptors (Lipinski definition) is 0. The molecule has 0 aromatic rings. The van der Waals surface area contributed by atoms with E-state index < -0.39 is 0 Å². The highest BCUT2D eigenvalue weighted by molar-refractivity contribution is 5.13. The van der Waals surface area contributed by atoms with E-state index in [0.29, 0.717) is 0 Å². The Morgan fingerprint density at radius 2 is 1.00 bits per heavy atom. The van der Waals surface area contributed by atoms with Crippen LogP contribution in [0.4, 0.5) is 0 Å². The van der Waals surface area contributed by atoms with Gasteiger partial charge in [0.05, 0.1) is 0 Å². The normalized spacial score (nSPS) is 59.5. The molecule has 0 heterocycles. The molecular formula is C13H22. The molecule has 0 saturated heterocycles. The predicted octanol–water partition coefficient (Wildman–Crippen LogP) is 3.71. The summed E-state index contributed by atoms with van der Waals surface area (Å²) in [5.41, 5.74) is 0. The molecule has 4 fully saturated rings. The molecule has 0 radical (unpaired) electrons. The largest absolute Gasteiger partial charge is 0.0683 e. The maximum atomic E-state index is 2.00. The topological polar surface area (TPSA) is 0 Å². The smallest absolute Gasteiger partial charge is 0.0349 e. The van der Waals surface area contributed by atoms with Gasteiger partial charge in [0.1, 0.15) is 0 Å². The molecule has 4 aliphatic rings. The van der Waals surface area contributed by atoms with Gasteiger partial charge in [0.25, 0.3) is 0 Å². The average Bonchev–Trinajstić information content (AvgIpc) is 2.63. The van der Waals surface area contributed by atoms with Crippen LogP contribution in [0.2, 0.25) is 0 Å². The Morgan fingerprint density at radius 3 is 1.46 bits per heavy atom. The fourth-order valence-electron chi connectivity index (χ4n) is 4.95. The molecule has 4 aliphatic carbocycles. The first kappa shape index (κ1) is 8.32. The van der Waals surface area contributed by atoms with Gasteiger partial charge in [-0.3, -0.25) is 0 Å². The second kappa shape index (κ2) is 2.74. The Labute approximate surface area is 82.1 Å². The van der Waals surface area contributed by atoms with Crippen LogP contribution in [-0.4, -0.2) is 0 Å². The lowest BCUT2D eigenvalue weighted by Crippen LogP contribution is -2.18. The van der Waals surface area contributed by atoms with Crippen LogP contribution < -0.4 is 0 Å². The van der Waals surface area contributed by atoms with Crippen molar-refractivity contribution in [1.82, 2.24) is 0 Å². The van der Waals surface area contributed by atoms with E-state index in [-0.39, 0.29) is 0 Å². The molecule has 0 aromatic carbocycles. The van der Waals surface area contributed by atoms with Crippen molar-refractivity contribution in [2.24, 2.45) is 35.5 Å². The van der Waals surface area contributed by atoms with Crippen LogP contribution in [0.3, 0.4) is 0 Å². The third kappa shape index (κ3) is 0.926. The van der Waals surface area contributed by atoms with E-state index in [0.717, 1.165) is 0 Å². The zero-order valence-corrected chi connectivity index (χ0v) is 9.00. The fraction of sp³-hybridized carbons (Fsp3) is 1.00. The summed E-state index contributed by atoms with van der Waals surface area (Å²) in [6.45, 7) is 4.00. The van der Waals surface area contributed by atoms with E-state index >= 15 is 0 Å². The maximum absolute atomic E-state index is 2.00. The summed E-state index contributed by atoms with van der Waals surface area (Å²) in [4.78, 5) is 0. The molecule has 0 N–H and O–H groups in total. The number of hydrogen-bond donors (Lipinski definition) is 0. The van der Waals surface area contributed by atoms with E-state index in [1.165, 1.54) is 35.5 Å². The van der Waals surface area contributed by atoms with E-state index in [2.05, 4.69) is 0 Å². The molecule has 4 saturated carbocycles. The summed E-state index contributed by atoms with van der Waals surface area (Å²) < 4.78 is 0. The van der Waals surface area contributed by atoms with Gasteiger partial charge < -0.3 is 0 Å². The number of rotatable bonds is 0. The van der Waals surface area contributed by atoms with Crippen LogP contribution in [0.5, 0.6) is 0 Å². The first-order chi connectivity index (χ1) is 6.45. The minimum Gasteiger partial charge on any atom is -0.0683 e. The molecule has 4 rings (SSSR count). The van der Waals surface area contributed by atoms with Gasteiger partial charge in [-0.05, 0) is 61.2 Å². The maximum Gasteiger partial charge on any atom is -0.0349 e. The second-order valence-corrected chi connectivity index (χ2v) is 5.39. The van der Waals surface area contributed by atoms with Gasteiger partial charge in [-0.2, -0.15) is 0 Å². The van der Waals surface area contributed by atoms with Crippen molar-refractivity contribution >= 4 is 0 Å². The average molecular weight is 178 g/mol. The zero-order chi connectivity index (χ0) is 9.00. The molecule has 0 aromatic heterocycles. The van der Waals surface area contributed by atoms with Crippen LogP contribution >= 0.6 is 0 Å². The van der Waals surface area contributed by atoms with Crippen LogP contribution in [0.15, 0.2) is 0 Å². The Morgan fingerprint density at radius 1 is 0.615 bits per heavy atom. The van der Waals surface area contributed by atoms with Crippen LogP contribution in [0, 0.1) is 35.5 Å².